The smallest absolute Gasteiger partial charge is 0.348 e. The first-order valence-corrected chi connectivity index (χ1v) is 14.1. The summed E-state index contributed by atoms with van der Waals surface area (Å²) in [7, 11) is 0. The molecule has 0 unspecified atom stereocenters. The molecule has 1 aromatic heterocycles. The van der Waals surface area contributed by atoms with Gasteiger partial charge in [0.05, 0.1) is 23.3 Å². The number of rotatable bonds is 6. The van der Waals surface area contributed by atoms with E-state index in [-0.39, 0.29) is 34.3 Å². The van der Waals surface area contributed by atoms with Gasteiger partial charge in [-0.25, -0.2) is 4.79 Å². The van der Waals surface area contributed by atoms with Crippen LogP contribution in [0, 0.1) is 23.2 Å². The summed E-state index contributed by atoms with van der Waals surface area (Å²) >= 11 is 1.12. The maximum absolute atomic E-state index is 14.0. The zero-order chi connectivity index (χ0) is 26.8. The Balaban J connectivity index is 1.63. The van der Waals surface area contributed by atoms with Crippen LogP contribution in [0.3, 0.4) is 0 Å². The highest BCUT2D eigenvalue weighted by molar-refractivity contribution is 7.15. The van der Waals surface area contributed by atoms with Crippen LogP contribution in [-0.2, 0) is 14.3 Å². The quantitative estimate of drug-likeness (QED) is 0.293. The van der Waals surface area contributed by atoms with Crippen LogP contribution in [-0.4, -0.2) is 53.2 Å². The minimum Gasteiger partial charge on any atom is -0.477 e. The molecular weight excluding hydrogens is 490 g/mol. The van der Waals surface area contributed by atoms with Crippen molar-refractivity contribution in [2.75, 3.05) is 18.1 Å². The van der Waals surface area contributed by atoms with E-state index in [4.69, 9.17) is 9.47 Å². The Morgan fingerprint density at radius 3 is 2.51 bits per heavy atom. The Labute approximate surface area is 223 Å². The summed E-state index contributed by atoms with van der Waals surface area (Å²) in [4.78, 5) is 28.8. The average Bonchev–Trinajstić information content (AvgIpc) is 3.49. The number of aromatic carboxylic acids is 1. The normalized spacial score (nSPS) is 28.2. The Kier molecular flexibility index (Phi) is 8.49. The van der Waals surface area contributed by atoms with Crippen molar-refractivity contribution in [3.05, 3.63) is 27.5 Å². The van der Waals surface area contributed by atoms with Crippen LogP contribution < -0.4 is 4.90 Å². The molecule has 202 valence electrons. The molecule has 8 heteroatoms. The van der Waals surface area contributed by atoms with Crippen LogP contribution in [0.2, 0.25) is 0 Å². The monoisotopic (exact) mass is 529 g/mol. The highest BCUT2D eigenvalue weighted by atomic mass is 32.1. The number of ether oxygens (including phenoxy) is 2. The number of carboxylic acids is 1. The van der Waals surface area contributed by atoms with Crippen LogP contribution in [0.1, 0.15) is 93.6 Å². The Bertz CT molecular complexity index is 1090. The Morgan fingerprint density at radius 2 is 1.95 bits per heavy atom. The van der Waals surface area contributed by atoms with E-state index in [1.165, 1.54) is 5.57 Å². The van der Waals surface area contributed by atoms with Crippen molar-refractivity contribution in [2.24, 2.45) is 11.3 Å². The molecule has 2 atom stereocenters. The SMILES string of the molecule is CC1=CC[C@@H](C(=O)N(c2cc(C#CC(C)(C)C)sc2C(=O)O)C2CCC(O)(O[C@H]3CCOC3)CC2)CC1. The molecule has 1 amide bonds. The third kappa shape index (κ3) is 7.02. The molecule has 2 heterocycles. The molecule has 1 saturated carbocycles. The van der Waals surface area contributed by atoms with Gasteiger partial charge in [-0.1, -0.05) is 23.5 Å². The van der Waals surface area contributed by atoms with E-state index >= 15 is 0 Å². The maximum Gasteiger partial charge on any atom is 0.348 e. The Morgan fingerprint density at radius 1 is 1.22 bits per heavy atom. The van der Waals surface area contributed by atoms with Gasteiger partial charge in [-0.15, -0.1) is 11.3 Å². The fraction of sp³-hybridized carbons (Fsp3) is 0.655. The summed E-state index contributed by atoms with van der Waals surface area (Å²) in [5, 5.41) is 21.2. The summed E-state index contributed by atoms with van der Waals surface area (Å²) in [5.41, 5.74) is 1.48. The van der Waals surface area contributed by atoms with E-state index in [1.807, 2.05) is 20.8 Å². The standard InChI is InChI=1S/C29H39NO6S/c1-19-5-7-20(8-6-19)26(31)30(21-9-14-29(34,15-10-21)36-22-12-16-35-18-22)24-17-23(11-13-28(2,3)4)37-25(24)27(32)33/h5,17,20-22,34H,6-10,12,14-16,18H2,1-4H3,(H,32,33)/t20-,21?,22+,29?/m1/s1. The van der Waals surface area contributed by atoms with Gasteiger partial charge in [0.15, 0.2) is 5.79 Å². The summed E-state index contributed by atoms with van der Waals surface area (Å²) in [6.45, 7) is 9.22. The molecule has 2 aliphatic carbocycles. The van der Waals surface area contributed by atoms with Crippen LogP contribution >= 0.6 is 11.3 Å². The van der Waals surface area contributed by atoms with Crippen LogP contribution in [0.15, 0.2) is 17.7 Å². The van der Waals surface area contributed by atoms with E-state index in [0.29, 0.717) is 55.9 Å². The van der Waals surface area contributed by atoms with Crippen molar-refractivity contribution < 1.29 is 29.3 Å². The molecule has 1 aromatic rings. The van der Waals surface area contributed by atoms with Crippen LogP contribution in [0.25, 0.3) is 0 Å². The second kappa shape index (κ2) is 11.3. The second-order valence-corrected chi connectivity index (χ2v) is 12.7. The lowest BCUT2D eigenvalue weighted by molar-refractivity contribution is -0.245. The lowest BCUT2D eigenvalue weighted by Gasteiger charge is -2.42. The molecular formula is C29H39NO6S. The number of amides is 1. The van der Waals surface area contributed by atoms with Gasteiger partial charge >= 0.3 is 5.97 Å². The molecule has 1 aliphatic heterocycles. The highest BCUT2D eigenvalue weighted by Crippen LogP contribution is 2.40. The van der Waals surface area contributed by atoms with E-state index in [0.717, 1.165) is 30.6 Å². The third-order valence-corrected chi connectivity index (χ3v) is 8.35. The maximum atomic E-state index is 14.0. The molecule has 7 nitrogen and oxygen atoms in total. The number of carbonyl (C=O) groups is 2. The number of thiophene rings is 1. The number of aliphatic hydroxyl groups is 1. The third-order valence-electron chi connectivity index (χ3n) is 7.33. The second-order valence-electron chi connectivity index (χ2n) is 11.6. The van der Waals surface area contributed by atoms with Gasteiger partial charge in [0, 0.05) is 36.8 Å². The number of anilines is 1. The molecule has 2 fully saturated rings. The number of nitrogens with zero attached hydrogens (tertiary/aromatic N) is 1. The first kappa shape index (κ1) is 27.8. The highest BCUT2D eigenvalue weighted by Gasteiger charge is 2.42. The molecule has 0 spiro atoms. The molecule has 2 N–H and O–H groups in total. The van der Waals surface area contributed by atoms with E-state index in [9.17, 15) is 19.8 Å². The topological polar surface area (TPSA) is 96.3 Å². The molecule has 0 bridgehead atoms. The van der Waals surface area contributed by atoms with Gasteiger partial charge in [-0.2, -0.15) is 0 Å². The van der Waals surface area contributed by atoms with Gasteiger partial charge in [-0.3, -0.25) is 4.79 Å². The van der Waals surface area contributed by atoms with E-state index < -0.39 is 11.8 Å². The number of hydrogen-bond donors (Lipinski definition) is 2. The van der Waals surface area contributed by atoms with Crippen molar-refractivity contribution >= 4 is 28.9 Å². The number of allylic oxidation sites excluding steroid dienone is 2. The van der Waals surface area contributed by atoms with Crippen molar-refractivity contribution in [3.8, 4) is 11.8 Å². The number of hydrogen-bond acceptors (Lipinski definition) is 6. The lowest BCUT2D eigenvalue weighted by Crippen LogP contribution is -2.50. The van der Waals surface area contributed by atoms with Gasteiger partial charge in [0.1, 0.15) is 4.88 Å². The van der Waals surface area contributed by atoms with E-state index in [2.05, 4.69) is 24.8 Å². The first-order valence-electron chi connectivity index (χ1n) is 13.3. The van der Waals surface area contributed by atoms with Crippen LogP contribution in [0.5, 0.6) is 0 Å². The molecule has 1 saturated heterocycles. The van der Waals surface area contributed by atoms with Crippen molar-refractivity contribution in [1.29, 1.82) is 0 Å². The lowest BCUT2D eigenvalue weighted by atomic mass is 9.85. The van der Waals surface area contributed by atoms with Gasteiger partial charge in [0.25, 0.3) is 0 Å². The minimum absolute atomic E-state index is 0.0417. The Hall–Kier alpha value is -2.18. The summed E-state index contributed by atoms with van der Waals surface area (Å²) in [6.07, 6.45) is 6.85. The van der Waals surface area contributed by atoms with E-state index in [1.54, 1.807) is 11.0 Å². The number of carboxylic acid groups (broad SMARTS) is 1. The van der Waals surface area contributed by atoms with Gasteiger partial charge in [-0.05, 0) is 72.3 Å². The van der Waals surface area contributed by atoms with Crippen LogP contribution in [0.4, 0.5) is 5.69 Å². The van der Waals surface area contributed by atoms with Gasteiger partial charge in [0.2, 0.25) is 5.91 Å². The fourth-order valence-corrected chi connectivity index (χ4v) is 6.09. The van der Waals surface area contributed by atoms with Crippen molar-refractivity contribution in [3.63, 3.8) is 0 Å². The predicted octanol–water partition coefficient (Wildman–Crippen LogP) is 5.36. The molecule has 4 rings (SSSR count). The summed E-state index contributed by atoms with van der Waals surface area (Å²) in [6, 6.07) is 1.54. The molecule has 0 radical (unpaired) electrons. The largest absolute Gasteiger partial charge is 0.477 e. The van der Waals surface area contributed by atoms with Crippen molar-refractivity contribution in [2.45, 2.75) is 97.0 Å². The minimum atomic E-state index is -1.25. The predicted molar refractivity (Wildman–Crippen MR) is 144 cm³/mol. The fourth-order valence-electron chi connectivity index (χ4n) is 5.25. The molecule has 0 aromatic carbocycles. The average molecular weight is 530 g/mol. The zero-order valence-electron chi connectivity index (χ0n) is 22.3. The zero-order valence-corrected chi connectivity index (χ0v) is 23.2. The van der Waals surface area contributed by atoms with Crippen molar-refractivity contribution in [1.82, 2.24) is 0 Å². The summed E-state index contributed by atoms with van der Waals surface area (Å²) in [5.74, 6) is 3.76. The summed E-state index contributed by atoms with van der Waals surface area (Å²) < 4.78 is 11.4. The molecule has 3 aliphatic rings. The number of carbonyl (C=O) groups excluding carboxylic acids is 1. The first-order chi connectivity index (χ1) is 17.4. The van der Waals surface area contributed by atoms with Gasteiger partial charge < -0.3 is 24.6 Å². The molecule has 37 heavy (non-hydrogen) atoms.